The first kappa shape index (κ1) is 14.3. The van der Waals surface area contributed by atoms with Gasteiger partial charge >= 0.3 is 5.97 Å². The molecule has 2 aromatic rings. The largest absolute Gasteiger partial charge is 0.480 e. The number of sulfone groups is 1. The molecule has 1 heterocycles. The van der Waals surface area contributed by atoms with Crippen molar-refractivity contribution >= 4 is 15.8 Å². The highest BCUT2D eigenvalue weighted by molar-refractivity contribution is 7.90. The SMILES string of the molecule is C[C@@H](C(=O)O)n1cc(-c2ccc(S(C)(=O)=O)cc2)cn1. The summed E-state index contributed by atoms with van der Waals surface area (Å²) in [6.45, 7) is 1.53. The van der Waals surface area contributed by atoms with Crippen molar-refractivity contribution in [3.8, 4) is 11.1 Å². The zero-order valence-corrected chi connectivity index (χ0v) is 11.8. The van der Waals surface area contributed by atoms with Crippen LogP contribution in [0.3, 0.4) is 0 Å². The van der Waals surface area contributed by atoms with Crippen molar-refractivity contribution in [1.82, 2.24) is 9.78 Å². The zero-order valence-electron chi connectivity index (χ0n) is 11.0. The summed E-state index contributed by atoms with van der Waals surface area (Å²) in [5.41, 5.74) is 1.51. The normalized spacial score (nSPS) is 13.1. The summed E-state index contributed by atoms with van der Waals surface area (Å²) >= 11 is 0. The van der Waals surface area contributed by atoms with Crippen LogP contribution < -0.4 is 0 Å². The van der Waals surface area contributed by atoms with Gasteiger partial charge in [0.2, 0.25) is 0 Å². The van der Waals surface area contributed by atoms with E-state index in [1.54, 1.807) is 24.5 Å². The van der Waals surface area contributed by atoms with Crippen molar-refractivity contribution in [2.75, 3.05) is 6.26 Å². The van der Waals surface area contributed by atoms with Crippen LogP contribution in [0.5, 0.6) is 0 Å². The van der Waals surface area contributed by atoms with E-state index < -0.39 is 21.8 Å². The van der Waals surface area contributed by atoms with Gasteiger partial charge in [-0.05, 0) is 24.6 Å². The molecule has 1 aromatic heterocycles. The lowest BCUT2D eigenvalue weighted by Gasteiger charge is -2.05. The van der Waals surface area contributed by atoms with Gasteiger partial charge in [-0.2, -0.15) is 5.10 Å². The minimum atomic E-state index is -3.22. The highest BCUT2D eigenvalue weighted by Crippen LogP contribution is 2.22. The number of carboxylic acids is 1. The molecule has 106 valence electrons. The van der Waals surface area contributed by atoms with Gasteiger partial charge in [0.25, 0.3) is 0 Å². The van der Waals surface area contributed by atoms with Gasteiger partial charge in [0, 0.05) is 18.0 Å². The van der Waals surface area contributed by atoms with Crippen LogP contribution in [0.4, 0.5) is 0 Å². The van der Waals surface area contributed by atoms with E-state index in [0.717, 1.165) is 17.4 Å². The van der Waals surface area contributed by atoms with Gasteiger partial charge < -0.3 is 5.11 Å². The maximum absolute atomic E-state index is 11.4. The third-order valence-corrected chi connectivity index (χ3v) is 4.10. The third kappa shape index (κ3) is 2.88. The molecule has 0 aliphatic carbocycles. The number of carbonyl (C=O) groups is 1. The lowest BCUT2D eigenvalue weighted by molar-refractivity contribution is -0.140. The lowest BCUT2D eigenvalue weighted by Crippen LogP contribution is -2.15. The van der Waals surface area contributed by atoms with Crippen LogP contribution in [0.15, 0.2) is 41.6 Å². The number of rotatable bonds is 4. The highest BCUT2D eigenvalue weighted by Gasteiger charge is 2.15. The molecule has 0 saturated carbocycles. The van der Waals surface area contributed by atoms with Crippen LogP contribution in [0.25, 0.3) is 11.1 Å². The van der Waals surface area contributed by atoms with E-state index >= 15 is 0 Å². The summed E-state index contributed by atoms with van der Waals surface area (Å²) < 4.78 is 24.1. The highest BCUT2D eigenvalue weighted by atomic mass is 32.2. The third-order valence-electron chi connectivity index (χ3n) is 2.97. The molecule has 0 aliphatic heterocycles. The van der Waals surface area contributed by atoms with Gasteiger partial charge in [0.05, 0.1) is 11.1 Å². The molecule has 1 N–H and O–H groups in total. The Hall–Kier alpha value is -2.15. The molecule has 0 unspecified atom stereocenters. The summed E-state index contributed by atoms with van der Waals surface area (Å²) in [5, 5.41) is 12.9. The second kappa shape index (κ2) is 5.09. The molecule has 0 aliphatic rings. The molecule has 1 atom stereocenters. The summed E-state index contributed by atoms with van der Waals surface area (Å²) in [6, 6.07) is 5.62. The minimum absolute atomic E-state index is 0.243. The molecule has 0 radical (unpaired) electrons. The zero-order chi connectivity index (χ0) is 14.9. The molecule has 0 bridgehead atoms. The predicted octanol–water partition coefficient (Wildman–Crippen LogP) is 1.60. The number of nitrogens with zero attached hydrogens (tertiary/aromatic N) is 2. The number of carboxylic acid groups (broad SMARTS) is 1. The second-order valence-corrected chi connectivity index (χ2v) is 6.54. The van der Waals surface area contributed by atoms with Crippen molar-refractivity contribution in [2.45, 2.75) is 17.9 Å². The minimum Gasteiger partial charge on any atom is -0.480 e. The van der Waals surface area contributed by atoms with Crippen LogP contribution in [0, 0.1) is 0 Å². The second-order valence-electron chi connectivity index (χ2n) is 4.52. The summed E-state index contributed by atoms with van der Waals surface area (Å²) in [7, 11) is -3.22. The van der Waals surface area contributed by atoms with Gasteiger partial charge in [-0.15, -0.1) is 0 Å². The Balaban J connectivity index is 2.31. The fraction of sp³-hybridized carbons (Fsp3) is 0.231. The smallest absolute Gasteiger partial charge is 0.328 e. The van der Waals surface area contributed by atoms with Crippen LogP contribution >= 0.6 is 0 Å². The Morgan fingerprint density at radius 1 is 1.25 bits per heavy atom. The fourth-order valence-corrected chi connectivity index (χ4v) is 2.34. The van der Waals surface area contributed by atoms with Crippen LogP contribution in [-0.2, 0) is 14.6 Å². The van der Waals surface area contributed by atoms with E-state index in [9.17, 15) is 13.2 Å². The molecule has 6 nitrogen and oxygen atoms in total. The molecule has 0 spiro atoms. The average Bonchev–Trinajstić information content (AvgIpc) is 2.86. The van der Waals surface area contributed by atoms with Gasteiger partial charge in [-0.1, -0.05) is 12.1 Å². The Bertz CT molecular complexity index is 732. The van der Waals surface area contributed by atoms with Crippen molar-refractivity contribution in [1.29, 1.82) is 0 Å². The molecule has 20 heavy (non-hydrogen) atoms. The first-order valence-electron chi connectivity index (χ1n) is 5.86. The Morgan fingerprint density at radius 2 is 1.85 bits per heavy atom. The molecule has 7 heteroatoms. The van der Waals surface area contributed by atoms with E-state index in [2.05, 4.69) is 5.10 Å². The molecule has 0 fully saturated rings. The van der Waals surface area contributed by atoms with Crippen molar-refractivity contribution in [3.63, 3.8) is 0 Å². The molecule has 2 rings (SSSR count). The average molecular weight is 294 g/mol. The van der Waals surface area contributed by atoms with Crippen molar-refractivity contribution in [3.05, 3.63) is 36.7 Å². The fourth-order valence-electron chi connectivity index (χ4n) is 1.71. The van der Waals surface area contributed by atoms with Gasteiger partial charge in [0.1, 0.15) is 6.04 Å². The first-order chi connectivity index (χ1) is 9.29. The van der Waals surface area contributed by atoms with Crippen LogP contribution in [0.1, 0.15) is 13.0 Å². The first-order valence-corrected chi connectivity index (χ1v) is 7.75. The van der Waals surface area contributed by atoms with Crippen molar-refractivity contribution in [2.24, 2.45) is 0 Å². The van der Waals surface area contributed by atoms with Crippen molar-refractivity contribution < 1.29 is 18.3 Å². The monoisotopic (exact) mass is 294 g/mol. The lowest BCUT2D eigenvalue weighted by atomic mass is 10.1. The number of hydrogen-bond acceptors (Lipinski definition) is 4. The van der Waals surface area contributed by atoms with E-state index in [-0.39, 0.29) is 4.90 Å². The van der Waals surface area contributed by atoms with Gasteiger partial charge in [-0.3, -0.25) is 4.68 Å². The van der Waals surface area contributed by atoms with Gasteiger partial charge in [0.15, 0.2) is 9.84 Å². The van der Waals surface area contributed by atoms with Crippen LogP contribution in [-0.4, -0.2) is 35.5 Å². The molecular formula is C13H14N2O4S. The quantitative estimate of drug-likeness (QED) is 0.925. The Labute approximate surface area is 116 Å². The summed E-state index contributed by atoms with van der Waals surface area (Å²) in [5.74, 6) is -0.966. The summed E-state index contributed by atoms with van der Waals surface area (Å²) in [4.78, 5) is 11.1. The maximum Gasteiger partial charge on any atom is 0.328 e. The number of aromatic nitrogens is 2. The van der Waals surface area contributed by atoms with E-state index in [4.69, 9.17) is 5.11 Å². The Morgan fingerprint density at radius 3 is 2.35 bits per heavy atom. The molecule has 1 aromatic carbocycles. The standard InChI is InChI=1S/C13H14N2O4S/c1-9(13(16)17)15-8-11(7-14-15)10-3-5-12(6-4-10)20(2,18)19/h3-9H,1-2H3,(H,16,17)/t9-/m0/s1. The van der Waals surface area contributed by atoms with E-state index in [0.29, 0.717) is 0 Å². The molecule has 0 amide bonds. The topological polar surface area (TPSA) is 89.3 Å². The van der Waals surface area contributed by atoms with Gasteiger partial charge in [-0.25, -0.2) is 13.2 Å². The maximum atomic E-state index is 11.4. The Kier molecular flexibility index (Phi) is 3.63. The van der Waals surface area contributed by atoms with E-state index in [1.165, 1.54) is 23.7 Å². The van der Waals surface area contributed by atoms with E-state index in [1.807, 2.05) is 0 Å². The number of hydrogen-bond donors (Lipinski definition) is 1. The van der Waals surface area contributed by atoms with Crippen LogP contribution in [0.2, 0.25) is 0 Å². The number of benzene rings is 1. The number of aliphatic carboxylic acids is 1. The summed E-state index contributed by atoms with van der Waals surface area (Å²) in [6.07, 6.45) is 4.32. The molecular weight excluding hydrogens is 280 g/mol. The predicted molar refractivity (Wildman–Crippen MR) is 73.1 cm³/mol. The molecule has 0 saturated heterocycles.